The van der Waals surface area contributed by atoms with Gasteiger partial charge in [0.15, 0.2) is 0 Å². The molecule has 1 aromatic carbocycles. The first-order chi connectivity index (χ1) is 9.62. The molecule has 6 nitrogen and oxygen atoms in total. The normalized spacial score (nSPS) is 11.8. The summed E-state index contributed by atoms with van der Waals surface area (Å²) in [5.41, 5.74) is 1.08. The zero-order valence-electron chi connectivity index (χ0n) is 11.5. The van der Waals surface area contributed by atoms with E-state index in [1.165, 1.54) is 7.11 Å². The fourth-order valence-electron chi connectivity index (χ4n) is 1.65. The molecule has 0 amide bonds. The molecule has 0 fully saturated rings. The Kier molecular flexibility index (Phi) is 4.57. The quantitative estimate of drug-likeness (QED) is 0.883. The van der Waals surface area contributed by atoms with Gasteiger partial charge in [-0.15, -0.1) is 0 Å². The van der Waals surface area contributed by atoms with E-state index in [0.717, 1.165) is 5.56 Å². The third kappa shape index (κ3) is 3.48. The lowest BCUT2D eigenvalue weighted by molar-refractivity contribution is 0.379. The number of benzene rings is 1. The van der Waals surface area contributed by atoms with Gasteiger partial charge in [0.2, 0.25) is 11.9 Å². The number of halogens is 1. The van der Waals surface area contributed by atoms with Gasteiger partial charge < -0.3 is 15.4 Å². The second kappa shape index (κ2) is 6.38. The predicted molar refractivity (Wildman–Crippen MR) is 79.4 cm³/mol. The van der Waals surface area contributed by atoms with Crippen LogP contribution < -0.4 is 15.4 Å². The molecule has 2 aromatic rings. The molecule has 0 spiro atoms. The molecule has 0 bridgehead atoms. The van der Waals surface area contributed by atoms with Gasteiger partial charge in [0.05, 0.1) is 13.2 Å². The van der Waals surface area contributed by atoms with Crippen LogP contribution in [0.5, 0.6) is 6.01 Å². The van der Waals surface area contributed by atoms with Gasteiger partial charge in [0.25, 0.3) is 0 Å². The molecular formula is C13H16ClN5O. The maximum Gasteiger partial charge on any atom is 0.322 e. The number of aromatic nitrogens is 3. The first-order valence-corrected chi connectivity index (χ1v) is 6.50. The third-order valence-electron chi connectivity index (χ3n) is 2.74. The van der Waals surface area contributed by atoms with Crippen molar-refractivity contribution in [3.05, 3.63) is 34.9 Å². The van der Waals surface area contributed by atoms with Gasteiger partial charge in [-0.25, -0.2) is 0 Å². The minimum absolute atomic E-state index is 0.0316. The van der Waals surface area contributed by atoms with Crippen LogP contribution in [0.15, 0.2) is 24.3 Å². The second-order valence-corrected chi connectivity index (χ2v) is 4.57. The average molecular weight is 294 g/mol. The smallest absolute Gasteiger partial charge is 0.322 e. The first-order valence-electron chi connectivity index (χ1n) is 6.12. The Labute approximate surface area is 122 Å². The van der Waals surface area contributed by atoms with Crippen molar-refractivity contribution in [3.8, 4) is 6.01 Å². The summed E-state index contributed by atoms with van der Waals surface area (Å²) >= 11 is 5.88. The minimum atomic E-state index is 0.0316. The molecule has 1 atom stereocenters. The van der Waals surface area contributed by atoms with Crippen molar-refractivity contribution >= 4 is 23.5 Å². The third-order valence-corrected chi connectivity index (χ3v) is 2.99. The van der Waals surface area contributed by atoms with Gasteiger partial charge in [0, 0.05) is 12.1 Å². The van der Waals surface area contributed by atoms with Crippen molar-refractivity contribution in [3.63, 3.8) is 0 Å². The molecule has 20 heavy (non-hydrogen) atoms. The summed E-state index contributed by atoms with van der Waals surface area (Å²) in [6.07, 6.45) is 0. The fraction of sp³-hybridized carbons (Fsp3) is 0.308. The highest BCUT2D eigenvalue weighted by Gasteiger charge is 2.10. The molecule has 106 valence electrons. The minimum Gasteiger partial charge on any atom is -0.467 e. The molecule has 1 heterocycles. The van der Waals surface area contributed by atoms with E-state index in [4.69, 9.17) is 16.3 Å². The Morgan fingerprint density at radius 1 is 1.10 bits per heavy atom. The summed E-state index contributed by atoms with van der Waals surface area (Å²) in [6, 6.07) is 7.90. The fourth-order valence-corrected chi connectivity index (χ4v) is 1.78. The molecule has 0 aliphatic carbocycles. The van der Waals surface area contributed by atoms with Crippen LogP contribution in [0.2, 0.25) is 5.02 Å². The van der Waals surface area contributed by atoms with Crippen LogP contribution in [0.25, 0.3) is 0 Å². The summed E-state index contributed by atoms with van der Waals surface area (Å²) < 4.78 is 5.04. The Morgan fingerprint density at radius 2 is 1.75 bits per heavy atom. The molecule has 2 N–H and O–H groups in total. The Balaban J connectivity index is 2.18. The van der Waals surface area contributed by atoms with Crippen molar-refractivity contribution < 1.29 is 4.74 Å². The number of methoxy groups -OCH3 is 1. The SMILES string of the molecule is CNc1nc(NC(C)c2ccc(Cl)cc2)nc(OC)n1. The maximum absolute atomic E-state index is 5.88. The molecule has 1 aromatic heterocycles. The molecule has 0 radical (unpaired) electrons. The van der Waals surface area contributed by atoms with E-state index in [-0.39, 0.29) is 12.1 Å². The lowest BCUT2D eigenvalue weighted by Crippen LogP contribution is -2.12. The number of hydrogen-bond acceptors (Lipinski definition) is 6. The summed E-state index contributed by atoms with van der Waals surface area (Å²) in [5, 5.41) is 6.77. The lowest BCUT2D eigenvalue weighted by atomic mass is 10.1. The maximum atomic E-state index is 5.88. The molecule has 0 saturated carbocycles. The largest absolute Gasteiger partial charge is 0.467 e. The standard InChI is InChI=1S/C13H16ClN5O/c1-8(9-4-6-10(14)7-5-9)16-12-17-11(15-2)18-13(19-12)20-3/h4-8H,1-3H3,(H2,15,16,17,18,19). The summed E-state index contributed by atoms with van der Waals surface area (Å²) in [6.45, 7) is 2.01. The van der Waals surface area contributed by atoms with Crippen LogP contribution in [-0.4, -0.2) is 29.1 Å². The average Bonchev–Trinajstić information content (AvgIpc) is 2.47. The lowest BCUT2D eigenvalue weighted by Gasteiger charge is -2.15. The summed E-state index contributed by atoms with van der Waals surface area (Å²) in [7, 11) is 3.25. The van der Waals surface area contributed by atoms with Crippen LogP contribution in [0.3, 0.4) is 0 Å². The number of anilines is 2. The number of nitrogens with zero attached hydrogens (tertiary/aromatic N) is 3. The van der Waals surface area contributed by atoms with Crippen molar-refractivity contribution in [2.75, 3.05) is 24.8 Å². The van der Waals surface area contributed by atoms with Gasteiger partial charge in [-0.05, 0) is 24.6 Å². The Bertz CT molecular complexity index is 553. The Hall–Kier alpha value is -2.08. The van der Waals surface area contributed by atoms with E-state index in [0.29, 0.717) is 16.9 Å². The zero-order valence-corrected chi connectivity index (χ0v) is 12.3. The topological polar surface area (TPSA) is 72.0 Å². The van der Waals surface area contributed by atoms with E-state index in [9.17, 15) is 0 Å². The highest BCUT2D eigenvalue weighted by atomic mass is 35.5. The molecule has 0 aliphatic heterocycles. The van der Waals surface area contributed by atoms with Crippen LogP contribution >= 0.6 is 11.6 Å². The number of nitrogens with one attached hydrogen (secondary N) is 2. The van der Waals surface area contributed by atoms with Crippen molar-refractivity contribution in [1.29, 1.82) is 0 Å². The summed E-state index contributed by atoms with van der Waals surface area (Å²) in [5.74, 6) is 0.895. The molecule has 2 rings (SSSR count). The van der Waals surface area contributed by atoms with E-state index < -0.39 is 0 Å². The highest BCUT2D eigenvalue weighted by molar-refractivity contribution is 6.30. The number of hydrogen-bond donors (Lipinski definition) is 2. The van der Waals surface area contributed by atoms with Crippen LogP contribution in [0, 0.1) is 0 Å². The van der Waals surface area contributed by atoms with Crippen molar-refractivity contribution in [2.24, 2.45) is 0 Å². The van der Waals surface area contributed by atoms with Gasteiger partial charge in [-0.2, -0.15) is 15.0 Å². The van der Waals surface area contributed by atoms with E-state index in [1.54, 1.807) is 7.05 Å². The van der Waals surface area contributed by atoms with Crippen molar-refractivity contribution in [1.82, 2.24) is 15.0 Å². The molecule has 0 saturated heterocycles. The zero-order chi connectivity index (χ0) is 14.5. The van der Waals surface area contributed by atoms with Gasteiger partial charge in [-0.3, -0.25) is 0 Å². The van der Waals surface area contributed by atoms with Crippen molar-refractivity contribution in [2.45, 2.75) is 13.0 Å². The monoisotopic (exact) mass is 293 g/mol. The number of rotatable bonds is 5. The number of ether oxygens (including phenoxy) is 1. The molecule has 0 aliphatic rings. The molecular weight excluding hydrogens is 278 g/mol. The van der Waals surface area contributed by atoms with Crippen LogP contribution in [0.1, 0.15) is 18.5 Å². The first kappa shape index (κ1) is 14.3. The van der Waals surface area contributed by atoms with Gasteiger partial charge >= 0.3 is 6.01 Å². The van der Waals surface area contributed by atoms with Crippen LogP contribution in [-0.2, 0) is 0 Å². The predicted octanol–water partition coefficient (Wildman–Crippen LogP) is 2.75. The van der Waals surface area contributed by atoms with Gasteiger partial charge in [-0.1, -0.05) is 23.7 Å². The van der Waals surface area contributed by atoms with E-state index >= 15 is 0 Å². The Morgan fingerprint density at radius 3 is 2.35 bits per heavy atom. The van der Waals surface area contributed by atoms with E-state index in [2.05, 4.69) is 25.6 Å². The summed E-state index contributed by atoms with van der Waals surface area (Å²) in [4.78, 5) is 12.4. The highest BCUT2D eigenvalue weighted by Crippen LogP contribution is 2.20. The molecule has 7 heteroatoms. The van der Waals surface area contributed by atoms with Gasteiger partial charge in [0.1, 0.15) is 0 Å². The second-order valence-electron chi connectivity index (χ2n) is 4.14. The van der Waals surface area contributed by atoms with Crippen LogP contribution in [0.4, 0.5) is 11.9 Å². The van der Waals surface area contributed by atoms with E-state index in [1.807, 2.05) is 31.2 Å². The molecule has 1 unspecified atom stereocenters.